The average Bonchev–Trinajstić information content (AvgIpc) is 2.91. The molecular weight excluding hydrogens is 569 g/mol. The van der Waals surface area contributed by atoms with Gasteiger partial charge in [0.05, 0.1) is 11.9 Å². The molecule has 10 heteroatoms. The second-order valence-corrected chi connectivity index (χ2v) is 12.6. The van der Waals surface area contributed by atoms with Crippen LogP contribution in [0.25, 0.3) is 0 Å². The first kappa shape index (κ1) is 31.5. The van der Waals surface area contributed by atoms with Crippen LogP contribution in [-0.4, -0.2) is 50.0 Å². The van der Waals surface area contributed by atoms with Gasteiger partial charge in [0.25, 0.3) is 0 Å². The number of aryl methyl sites for hydroxylation is 1. The summed E-state index contributed by atoms with van der Waals surface area (Å²) in [6, 6.07) is 20.1. The van der Waals surface area contributed by atoms with Gasteiger partial charge in [0.1, 0.15) is 12.6 Å². The molecule has 0 aliphatic rings. The Morgan fingerprint density at radius 3 is 2.08 bits per heavy atom. The molecule has 0 aliphatic heterocycles. The zero-order valence-corrected chi connectivity index (χ0v) is 25.4. The van der Waals surface area contributed by atoms with E-state index in [1.54, 1.807) is 42.5 Å². The summed E-state index contributed by atoms with van der Waals surface area (Å²) in [5, 5.41) is 3.67. The van der Waals surface area contributed by atoms with Crippen LogP contribution >= 0.6 is 23.2 Å². The second kappa shape index (κ2) is 14.0. The normalized spacial score (nSPS) is 12.8. The molecule has 7 nitrogen and oxygen atoms in total. The predicted octanol–water partition coefficient (Wildman–Crippen LogP) is 5.62. The largest absolute Gasteiger partial charge is 0.352 e. The molecule has 0 saturated carbocycles. The Hall–Kier alpha value is -3.07. The third-order valence-electron chi connectivity index (χ3n) is 6.66. The Morgan fingerprint density at radius 2 is 1.52 bits per heavy atom. The van der Waals surface area contributed by atoms with Crippen molar-refractivity contribution in [2.75, 3.05) is 17.1 Å². The van der Waals surface area contributed by atoms with Gasteiger partial charge in [-0.05, 0) is 50.1 Å². The summed E-state index contributed by atoms with van der Waals surface area (Å²) in [6.45, 7) is 5.13. The van der Waals surface area contributed by atoms with Crippen molar-refractivity contribution in [3.63, 3.8) is 0 Å². The van der Waals surface area contributed by atoms with Gasteiger partial charge in [-0.1, -0.05) is 84.2 Å². The molecule has 0 fully saturated rings. The van der Waals surface area contributed by atoms with E-state index in [1.165, 1.54) is 4.90 Å². The fourth-order valence-electron chi connectivity index (χ4n) is 4.17. The number of carbonyl (C=O) groups excluding carboxylic acids is 2. The lowest BCUT2D eigenvalue weighted by Gasteiger charge is -2.34. The van der Waals surface area contributed by atoms with Crippen LogP contribution in [0, 0.1) is 6.92 Å². The van der Waals surface area contributed by atoms with E-state index in [4.69, 9.17) is 23.2 Å². The number of amides is 2. The minimum atomic E-state index is -3.84. The first-order chi connectivity index (χ1) is 18.9. The van der Waals surface area contributed by atoms with E-state index in [0.717, 1.165) is 21.7 Å². The highest BCUT2D eigenvalue weighted by Crippen LogP contribution is 2.28. The van der Waals surface area contributed by atoms with Gasteiger partial charge < -0.3 is 10.2 Å². The molecule has 214 valence electrons. The quantitative estimate of drug-likeness (QED) is 0.291. The van der Waals surface area contributed by atoms with E-state index in [-0.39, 0.29) is 24.9 Å². The zero-order valence-electron chi connectivity index (χ0n) is 23.1. The van der Waals surface area contributed by atoms with E-state index >= 15 is 0 Å². The average molecular weight is 605 g/mol. The van der Waals surface area contributed by atoms with Gasteiger partial charge in [0, 0.05) is 34.6 Å². The fraction of sp³-hybridized carbons (Fsp3) is 0.333. The molecule has 0 aromatic heterocycles. The Bertz CT molecular complexity index is 1400. The molecule has 0 radical (unpaired) electrons. The summed E-state index contributed by atoms with van der Waals surface area (Å²) in [4.78, 5) is 29.2. The maximum Gasteiger partial charge on any atom is 0.244 e. The second-order valence-electron chi connectivity index (χ2n) is 9.85. The van der Waals surface area contributed by atoms with Gasteiger partial charge >= 0.3 is 0 Å². The lowest BCUT2D eigenvalue weighted by molar-refractivity contribution is -0.140. The lowest BCUT2D eigenvalue weighted by Crippen LogP contribution is -2.54. The topological polar surface area (TPSA) is 86.8 Å². The molecule has 3 aromatic rings. The summed E-state index contributed by atoms with van der Waals surface area (Å²) in [7, 11) is -3.84. The van der Waals surface area contributed by atoms with Crippen molar-refractivity contribution >= 4 is 50.7 Å². The molecule has 0 bridgehead atoms. The Kier molecular flexibility index (Phi) is 11.0. The van der Waals surface area contributed by atoms with Crippen molar-refractivity contribution < 1.29 is 18.0 Å². The molecule has 0 heterocycles. The van der Waals surface area contributed by atoms with Crippen LogP contribution in [0.2, 0.25) is 10.0 Å². The molecule has 0 saturated heterocycles. The van der Waals surface area contributed by atoms with Crippen molar-refractivity contribution in [1.29, 1.82) is 0 Å². The van der Waals surface area contributed by atoms with E-state index in [2.05, 4.69) is 5.32 Å². The summed E-state index contributed by atoms with van der Waals surface area (Å²) < 4.78 is 26.8. The van der Waals surface area contributed by atoms with Crippen molar-refractivity contribution in [2.45, 2.75) is 52.2 Å². The SMILES string of the molecule is CC[C@@H](C)NC(=O)[C@@H](Cc1ccccc1)N(Cc1c(Cl)cccc1Cl)C(=O)CN(c1ccc(C)cc1)S(C)(=O)=O. The zero-order chi connectivity index (χ0) is 29.4. The number of rotatable bonds is 12. The highest BCUT2D eigenvalue weighted by atomic mass is 35.5. The number of sulfonamides is 1. The first-order valence-corrected chi connectivity index (χ1v) is 15.6. The van der Waals surface area contributed by atoms with Gasteiger partial charge in [0.2, 0.25) is 21.8 Å². The molecule has 3 aromatic carbocycles. The summed E-state index contributed by atoms with van der Waals surface area (Å²) in [6.07, 6.45) is 1.95. The molecule has 1 N–H and O–H groups in total. The molecule has 2 amide bonds. The molecule has 3 rings (SSSR count). The van der Waals surface area contributed by atoms with Crippen molar-refractivity contribution in [3.8, 4) is 0 Å². The van der Waals surface area contributed by atoms with Gasteiger partial charge in [-0.2, -0.15) is 0 Å². The van der Waals surface area contributed by atoms with E-state index < -0.39 is 28.5 Å². The smallest absolute Gasteiger partial charge is 0.244 e. The lowest BCUT2D eigenvalue weighted by atomic mass is 10.0. The van der Waals surface area contributed by atoms with Gasteiger partial charge in [-0.3, -0.25) is 13.9 Å². The van der Waals surface area contributed by atoms with Crippen molar-refractivity contribution in [3.05, 3.63) is 99.5 Å². The molecule has 0 unspecified atom stereocenters. The van der Waals surface area contributed by atoms with Crippen molar-refractivity contribution in [1.82, 2.24) is 10.2 Å². The number of benzene rings is 3. The van der Waals surface area contributed by atoms with Gasteiger partial charge in [0.15, 0.2) is 0 Å². The summed E-state index contributed by atoms with van der Waals surface area (Å²) in [5.41, 5.74) is 2.60. The monoisotopic (exact) mass is 603 g/mol. The van der Waals surface area contributed by atoms with Crippen LogP contribution in [-0.2, 0) is 32.6 Å². The highest BCUT2D eigenvalue weighted by molar-refractivity contribution is 7.92. The van der Waals surface area contributed by atoms with Crippen LogP contribution in [0.4, 0.5) is 5.69 Å². The fourth-order valence-corrected chi connectivity index (χ4v) is 5.54. The Morgan fingerprint density at radius 1 is 0.925 bits per heavy atom. The van der Waals surface area contributed by atoms with E-state index in [1.807, 2.05) is 51.1 Å². The number of anilines is 1. The molecular formula is C30H35Cl2N3O4S. The minimum absolute atomic E-state index is 0.0890. The highest BCUT2D eigenvalue weighted by Gasteiger charge is 2.34. The number of carbonyl (C=O) groups is 2. The molecule has 0 aliphatic carbocycles. The summed E-state index contributed by atoms with van der Waals surface area (Å²) >= 11 is 13.0. The van der Waals surface area contributed by atoms with Gasteiger partial charge in [-0.25, -0.2) is 8.42 Å². The Balaban J connectivity index is 2.10. The summed E-state index contributed by atoms with van der Waals surface area (Å²) in [5.74, 6) is -0.918. The molecule has 40 heavy (non-hydrogen) atoms. The van der Waals surface area contributed by atoms with E-state index in [9.17, 15) is 18.0 Å². The maximum absolute atomic E-state index is 14.1. The predicted molar refractivity (Wildman–Crippen MR) is 162 cm³/mol. The van der Waals surface area contributed by atoms with Crippen LogP contribution in [0.3, 0.4) is 0 Å². The van der Waals surface area contributed by atoms with Gasteiger partial charge in [-0.15, -0.1) is 0 Å². The third-order valence-corrected chi connectivity index (χ3v) is 8.51. The number of nitrogens with zero attached hydrogens (tertiary/aromatic N) is 2. The van der Waals surface area contributed by atoms with Crippen LogP contribution in [0.1, 0.15) is 37.0 Å². The number of hydrogen-bond acceptors (Lipinski definition) is 4. The molecule has 0 spiro atoms. The minimum Gasteiger partial charge on any atom is -0.352 e. The Labute approximate surface area is 247 Å². The van der Waals surface area contributed by atoms with Crippen LogP contribution in [0.15, 0.2) is 72.8 Å². The number of hydrogen-bond donors (Lipinski definition) is 1. The van der Waals surface area contributed by atoms with Crippen molar-refractivity contribution in [2.24, 2.45) is 0 Å². The molecule has 2 atom stereocenters. The first-order valence-electron chi connectivity index (χ1n) is 13.0. The van der Waals surface area contributed by atoms with Crippen LogP contribution < -0.4 is 9.62 Å². The number of halogens is 2. The third kappa shape index (κ3) is 8.46. The maximum atomic E-state index is 14.1. The van der Waals surface area contributed by atoms with Crippen LogP contribution in [0.5, 0.6) is 0 Å². The van der Waals surface area contributed by atoms with E-state index in [0.29, 0.717) is 27.7 Å². The standard InChI is InChI=1S/C30H35Cl2N3O4S/c1-5-22(3)33-30(37)28(18-23-10-7-6-8-11-23)34(19-25-26(31)12-9-13-27(25)32)29(36)20-35(40(4,38)39)24-16-14-21(2)15-17-24/h6-17,22,28H,5,18-20H2,1-4H3,(H,33,37)/t22-,28-/m1/s1. The number of nitrogens with one attached hydrogen (secondary N) is 1.